The Bertz CT molecular complexity index is 1430. The molecular formula is C33H38N2O6. The van der Waals surface area contributed by atoms with Crippen LogP contribution >= 0.6 is 0 Å². The van der Waals surface area contributed by atoms with Crippen LogP contribution in [0.3, 0.4) is 0 Å². The zero-order valence-electron chi connectivity index (χ0n) is 23.8. The third-order valence-electron chi connectivity index (χ3n) is 9.30. The predicted molar refractivity (Wildman–Crippen MR) is 154 cm³/mol. The molecule has 3 heterocycles. The summed E-state index contributed by atoms with van der Waals surface area (Å²) in [5.74, 6) is -0.318. The minimum atomic E-state index is -1.56. The Morgan fingerprint density at radius 2 is 1.95 bits per heavy atom. The molecule has 41 heavy (non-hydrogen) atoms. The van der Waals surface area contributed by atoms with Crippen LogP contribution in [0.4, 0.5) is 0 Å². The predicted octanol–water partition coefficient (Wildman–Crippen LogP) is 5.12. The average molecular weight is 559 g/mol. The molecule has 2 fully saturated rings. The summed E-state index contributed by atoms with van der Waals surface area (Å²) < 4.78 is 23.9. The van der Waals surface area contributed by atoms with Gasteiger partial charge in [-0.2, -0.15) is 0 Å². The van der Waals surface area contributed by atoms with Crippen LogP contribution in [0, 0.1) is 11.8 Å². The second-order valence-electron chi connectivity index (χ2n) is 11.4. The molecule has 0 bridgehead atoms. The number of nitrogens with zero attached hydrogens (tertiary/aromatic N) is 1. The molecule has 1 aromatic heterocycles. The van der Waals surface area contributed by atoms with Crippen LogP contribution in [0.15, 0.2) is 61.2 Å². The summed E-state index contributed by atoms with van der Waals surface area (Å²) in [5, 5.41) is 1.12. The lowest BCUT2D eigenvalue weighted by Crippen LogP contribution is -2.66. The standard InChI is InChI=1S/C33H38N2O6/c1-4-9-29(36)41-33(32(37)39-3)24-18-26-31-23(30-25(34-31)12-8-13-27(30)38-2)16-17-35(26)19-22(24)14-15-28(33)40-20-21-10-6-5-7-11-21/h4-8,10-13,22,24,26,28,34H,1,9,14-20H2,2-3H3/t22-,24+,26+,28-,33+/m1/s1. The zero-order chi connectivity index (χ0) is 28.6. The van der Waals surface area contributed by atoms with Gasteiger partial charge < -0.3 is 23.9 Å². The van der Waals surface area contributed by atoms with Gasteiger partial charge in [-0.05, 0) is 54.9 Å². The minimum absolute atomic E-state index is 0.00303. The molecule has 5 atom stereocenters. The van der Waals surface area contributed by atoms with Crippen molar-refractivity contribution in [3.05, 3.63) is 78.0 Å². The van der Waals surface area contributed by atoms with Gasteiger partial charge in [0.15, 0.2) is 0 Å². The van der Waals surface area contributed by atoms with Crippen molar-refractivity contribution in [2.75, 3.05) is 27.3 Å². The lowest BCUT2D eigenvalue weighted by molar-refractivity contribution is -0.233. The van der Waals surface area contributed by atoms with Crippen LogP contribution in [0.2, 0.25) is 0 Å². The number of ether oxygens (including phenoxy) is 4. The molecule has 216 valence electrons. The Morgan fingerprint density at radius 1 is 1.12 bits per heavy atom. The molecule has 3 aliphatic rings. The van der Waals surface area contributed by atoms with Crippen molar-refractivity contribution >= 4 is 22.8 Å². The number of H-pyrrole nitrogens is 1. The highest BCUT2D eigenvalue weighted by Gasteiger charge is 2.63. The summed E-state index contributed by atoms with van der Waals surface area (Å²) in [7, 11) is 3.07. The van der Waals surface area contributed by atoms with Gasteiger partial charge in [0.1, 0.15) is 11.9 Å². The van der Waals surface area contributed by atoms with E-state index in [9.17, 15) is 9.59 Å². The number of piperidine rings is 1. The number of carbonyl (C=O) groups excluding carboxylic acids is 2. The first kappa shape index (κ1) is 27.5. The van der Waals surface area contributed by atoms with Crippen LogP contribution in [0.1, 0.15) is 48.5 Å². The molecule has 2 aliphatic heterocycles. The Kier molecular flexibility index (Phi) is 7.62. The van der Waals surface area contributed by atoms with Gasteiger partial charge in [0, 0.05) is 35.6 Å². The Morgan fingerprint density at radius 3 is 2.71 bits per heavy atom. The molecule has 0 amide bonds. The van der Waals surface area contributed by atoms with E-state index < -0.39 is 23.6 Å². The minimum Gasteiger partial charge on any atom is -0.496 e. The molecule has 0 spiro atoms. The van der Waals surface area contributed by atoms with Crippen LogP contribution in [-0.4, -0.2) is 60.8 Å². The quantitative estimate of drug-likeness (QED) is 0.303. The first-order chi connectivity index (χ1) is 20.0. The Labute approximate surface area is 240 Å². The number of aromatic nitrogens is 1. The molecule has 8 nitrogen and oxygen atoms in total. The van der Waals surface area contributed by atoms with Crippen LogP contribution in [0.25, 0.3) is 10.9 Å². The average Bonchev–Trinajstić information content (AvgIpc) is 3.39. The fraction of sp³-hybridized carbons (Fsp3) is 0.455. The van der Waals surface area contributed by atoms with Crippen molar-refractivity contribution in [3.8, 4) is 5.75 Å². The number of fused-ring (bicyclic) bond motifs is 6. The summed E-state index contributed by atoms with van der Waals surface area (Å²) in [6, 6.07) is 15.9. The zero-order valence-corrected chi connectivity index (χ0v) is 23.8. The smallest absolute Gasteiger partial charge is 0.353 e. The lowest BCUT2D eigenvalue weighted by Gasteiger charge is -2.55. The van der Waals surface area contributed by atoms with E-state index in [4.69, 9.17) is 18.9 Å². The lowest BCUT2D eigenvalue weighted by atomic mass is 9.62. The third kappa shape index (κ3) is 4.73. The topological polar surface area (TPSA) is 90.1 Å². The highest BCUT2D eigenvalue weighted by molar-refractivity contribution is 5.91. The third-order valence-corrected chi connectivity index (χ3v) is 9.30. The van der Waals surface area contributed by atoms with Crippen LogP contribution in [0.5, 0.6) is 5.75 Å². The normalized spacial score (nSPS) is 27.3. The van der Waals surface area contributed by atoms with E-state index in [0.29, 0.717) is 19.4 Å². The number of hydrogen-bond acceptors (Lipinski definition) is 7. The molecular weight excluding hydrogens is 520 g/mol. The van der Waals surface area contributed by atoms with E-state index in [-0.39, 0.29) is 24.3 Å². The van der Waals surface area contributed by atoms with E-state index in [0.717, 1.165) is 53.8 Å². The Hall–Kier alpha value is -3.62. The number of benzene rings is 2. The Balaban J connectivity index is 1.40. The molecule has 2 aromatic carbocycles. The van der Waals surface area contributed by atoms with Crippen molar-refractivity contribution in [2.45, 2.75) is 56.5 Å². The molecule has 6 rings (SSSR count). The number of aromatic amines is 1. The fourth-order valence-electron chi connectivity index (χ4n) is 7.54. The van der Waals surface area contributed by atoms with Gasteiger partial charge in [0.2, 0.25) is 5.60 Å². The number of nitrogens with one attached hydrogen (secondary N) is 1. The van der Waals surface area contributed by atoms with Crippen molar-refractivity contribution in [3.63, 3.8) is 0 Å². The molecule has 1 saturated carbocycles. The number of hydrogen-bond donors (Lipinski definition) is 1. The maximum absolute atomic E-state index is 13.9. The number of rotatable bonds is 8. The largest absolute Gasteiger partial charge is 0.496 e. The van der Waals surface area contributed by atoms with E-state index in [2.05, 4.69) is 22.5 Å². The number of esters is 2. The molecule has 1 aliphatic carbocycles. The molecule has 8 heteroatoms. The van der Waals surface area contributed by atoms with Crippen molar-refractivity contribution in [1.29, 1.82) is 0 Å². The molecule has 1 saturated heterocycles. The van der Waals surface area contributed by atoms with Gasteiger partial charge in [-0.25, -0.2) is 4.79 Å². The molecule has 0 unspecified atom stereocenters. The second kappa shape index (κ2) is 11.3. The van der Waals surface area contributed by atoms with E-state index in [1.54, 1.807) is 7.11 Å². The van der Waals surface area contributed by atoms with Crippen molar-refractivity contribution < 1.29 is 28.5 Å². The van der Waals surface area contributed by atoms with E-state index in [1.807, 2.05) is 42.5 Å². The van der Waals surface area contributed by atoms with Gasteiger partial charge in [-0.15, -0.1) is 6.58 Å². The second-order valence-corrected chi connectivity index (χ2v) is 11.4. The summed E-state index contributed by atoms with van der Waals surface area (Å²) in [6.45, 7) is 5.74. The summed E-state index contributed by atoms with van der Waals surface area (Å²) in [4.78, 5) is 33.2. The molecule has 0 radical (unpaired) electrons. The monoisotopic (exact) mass is 558 g/mol. The number of methoxy groups -OCH3 is 2. The van der Waals surface area contributed by atoms with E-state index >= 15 is 0 Å². The van der Waals surface area contributed by atoms with Crippen LogP contribution < -0.4 is 4.74 Å². The molecule has 3 aromatic rings. The number of carbonyl (C=O) groups is 2. The van der Waals surface area contributed by atoms with Crippen LogP contribution in [-0.2, 0) is 36.8 Å². The van der Waals surface area contributed by atoms with Gasteiger partial charge >= 0.3 is 11.9 Å². The fourth-order valence-corrected chi connectivity index (χ4v) is 7.54. The highest BCUT2D eigenvalue weighted by Crippen LogP contribution is 2.53. The van der Waals surface area contributed by atoms with Gasteiger partial charge in [-0.3, -0.25) is 9.69 Å². The van der Waals surface area contributed by atoms with E-state index in [1.165, 1.54) is 18.7 Å². The summed E-state index contributed by atoms with van der Waals surface area (Å²) in [5.41, 5.74) is 2.89. The van der Waals surface area contributed by atoms with Crippen molar-refractivity contribution in [2.24, 2.45) is 11.8 Å². The summed E-state index contributed by atoms with van der Waals surface area (Å²) >= 11 is 0. The van der Waals surface area contributed by atoms with Gasteiger partial charge in [0.25, 0.3) is 0 Å². The maximum atomic E-state index is 13.9. The van der Waals surface area contributed by atoms with Gasteiger partial charge in [-0.1, -0.05) is 42.5 Å². The highest BCUT2D eigenvalue weighted by atomic mass is 16.6. The van der Waals surface area contributed by atoms with Gasteiger partial charge in [0.05, 0.1) is 33.3 Å². The first-order valence-electron chi connectivity index (χ1n) is 14.5. The van der Waals surface area contributed by atoms with Crippen molar-refractivity contribution in [1.82, 2.24) is 9.88 Å². The molecule has 1 N–H and O–H groups in total. The SMILES string of the molecule is C=CCC(=O)O[C@]1(C(=O)OC)[C@H](OCc2ccccc2)CC[C@@H]2CN3CCc4c([nH]c5cccc(OC)c45)[C@@H]3C[C@@H]21. The first-order valence-corrected chi connectivity index (χ1v) is 14.5. The maximum Gasteiger partial charge on any atom is 0.353 e. The summed E-state index contributed by atoms with van der Waals surface area (Å²) in [6.07, 6.45) is 3.89.